The van der Waals surface area contributed by atoms with Crippen molar-refractivity contribution >= 4 is 15.9 Å². The number of rotatable bonds is 3. The Bertz CT molecular complexity index is 862. The molecule has 3 rings (SSSR count). The number of ether oxygens (including phenoxy) is 2. The molecule has 0 aliphatic heterocycles. The Balaban J connectivity index is 2.04. The quantitative estimate of drug-likeness (QED) is 0.725. The van der Waals surface area contributed by atoms with E-state index in [0.717, 1.165) is 15.6 Å². The number of halogens is 4. The van der Waals surface area contributed by atoms with Crippen LogP contribution >= 0.6 is 15.9 Å². The lowest BCUT2D eigenvalue weighted by Crippen LogP contribution is -2.14. The topological polar surface area (TPSA) is 55.1 Å². The first-order valence-electron chi connectivity index (χ1n) is 7.35. The summed E-state index contributed by atoms with van der Waals surface area (Å²) in [7, 11) is 1.24. The first-order chi connectivity index (χ1) is 11.8. The van der Waals surface area contributed by atoms with Gasteiger partial charge in [-0.05, 0) is 36.1 Å². The van der Waals surface area contributed by atoms with Crippen molar-refractivity contribution in [2.24, 2.45) is 0 Å². The van der Waals surface area contributed by atoms with E-state index in [1.807, 2.05) is 18.2 Å². The number of aromatic nitrogens is 1. The Morgan fingerprint density at radius 2 is 2.08 bits per heavy atom. The van der Waals surface area contributed by atoms with Gasteiger partial charge in [-0.1, -0.05) is 28.1 Å². The van der Waals surface area contributed by atoms with Gasteiger partial charge in [0, 0.05) is 4.47 Å². The van der Waals surface area contributed by atoms with Crippen LogP contribution < -0.4 is 9.47 Å². The predicted molar refractivity (Wildman–Crippen MR) is 86.3 cm³/mol. The highest BCUT2D eigenvalue weighted by Gasteiger charge is 2.38. The molecule has 0 fully saturated rings. The molecule has 2 aromatic rings. The van der Waals surface area contributed by atoms with Crippen LogP contribution in [0.3, 0.4) is 0 Å². The summed E-state index contributed by atoms with van der Waals surface area (Å²) >= 11 is 3.44. The molecule has 1 aromatic carbocycles. The van der Waals surface area contributed by atoms with Gasteiger partial charge in [-0.25, -0.2) is 0 Å². The summed E-state index contributed by atoms with van der Waals surface area (Å²) in [6.07, 6.45) is -4.01. The van der Waals surface area contributed by atoms with Crippen LogP contribution in [-0.4, -0.2) is 12.1 Å². The van der Waals surface area contributed by atoms with Gasteiger partial charge in [0.05, 0.1) is 7.11 Å². The first-order valence-corrected chi connectivity index (χ1v) is 8.14. The monoisotopic (exact) mass is 412 g/mol. The molecule has 0 spiro atoms. The largest absolute Gasteiger partial charge is 0.480 e. The highest BCUT2D eigenvalue weighted by atomic mass is 79.9. The summed E-state index contributed by atoms with van der Waals surface area (Å²) in [6, 6.07) is 7.87. The predicted octanol–water partition coefficient (Wildman–Crippen LogP) is 4.81. The van der Waals surface area contributed by atoms with Gasteiger partial charge in [-0.15, -0.1) is 0 Å². The SMILES string of the molecule is COc1nc(O[C@H]2CCc3c(Br)cccc32)c(C(F)(F)F)cc1C#N. The molecule has 1 heterocycles. The zero-order valence-corrected chi connectivity index (χ0v) is 14.6. The zero-order valence-electron chi connectivity index (χ0n) is 13.0. The summed E-state index contributed by atoms with van der Waals surface area (Å²) in [5, 5.41) is 8.99. The minimum atomic E-state index is -4.70. The van der Waals surface area contributed by atoms with E-state index in [1.165, 1.54) is 7.11 Å². The molecule has 1 aliphatic carbocycles. The van der Waals surface area contributed by atoms with E-state index in [2.05, 4.69) is 20.9 Å². The molecule has 25 heavy (non-hydrogen) atoms. The zero-order chi connectivity index (χ0) is 18.2. The highest BCUT2D eigenvalue weighted by Crippen LogP contribution is 2.43. The third-order valence-corrected chi connectivity index (χ3v) is 4.73. The Morgan fingerprint density at radius 1 is 1.32 bits per heavy atom. The van der Waals surface area contributed by atoms with Crippen molar-refractivity contribution in [3.8, 4) is 17.8 Å². The second-order valence-corrected chi connectivity index (χ2v) is 6.31. The minimum Gasteiger partial charge on any atom is -0.480 e. The van der Waals surface area contributed by atoms with Crippen molar-refractivity contribution in [1.29, 1.82) is 5.26 Å². The number of fused-ring (bicyclic) bond motifs is 1. The molecule has 8 heteroatoms. The summed E-state index contributed by atoms with van der Waals surface area (Å²) in [4.78, 5) is 3.79. The normalized spacial score (nSPS) is 16.2. The van der Waals surface area contributed by atoms with Crippen molar-refractivity contribution in [2.75, 3.05) is 7.11 Å². The van der Waals surface area contributed by atoms with Gasteiger partial charge in [-0.2, -0.15) is 23.4 Å². The van der Waals surface area contributed by atoms with Gasteiger partial charge in [0.15, 0.2) is 0 Å². The van der Waals surface area contributed by atoms with Crippen molar-refractivity contribution < 1.29 is 22.6 Å². The molecule has 130 valence electrons. The molecule has 0 bridgehead atoms. The van der Waals surface area contributed by atoms with Gasteiger partial charge < -0.3 is 9.47 Å². The standard InChI is InChI=1S/C17H12BrF3N2O2/c1-24-15-9(8-22)7-12(17(19,20)21)16(23-15)25-14-6-5-10-11(14)3-2-4-13(10)18/h2-4,7,14H,5-6H2,1H3/t14-/m0/s1. The second kappa shape index (κ2) is 6.56. The van der Waals surface area contributed by atoms with Gasteiger partial charge in [0.2, 0.25) is 11.8 Å². The fourth-order valence-corrected chi connectivity index (χ4v) is 3.42. The van der Waals surface area contributed by atoms with Crippen LogP contribution in [0, 0.1) is 11.3 Å². The molecular formula is C17H12BrF3N2O2. The third-order valence-electron chi connectivity index (χ3n) is 3.98. The van der Waals surface area contributed by atoms with E-state index < -0.39 is 23.7 Å². The number of alkyl halides is 3. The highest BCUT2D eigenvalue weighted by molar-refractivity contribution is 9.10. The molecule has 1 aromatic heterocycles. The molecule has 0 saturated heterocycles. The number of hydrogen-bond acceptors (Lipinski definition) is 4. The van der Waals surface area contributed by atoms with E-state index in [1.54, 1.807) is 6.07 Å². The van der Waals surface area contributed by atoms with Crippen LogP contribution in [0.4, 0.5) is 13.2 Å². The average molecular weight is 413 g/mol. The molecule has 0 N–H and O–H groups in total. The fraction of sp³-hybridized carbons (Fsp3) is 0.294. The maximum Gasteiger partial charge on any atom is 0.421 e. The van der Waals surface area contributed by atoms with Gasteiger partial charge >= 0.3 is 6.18 Å². The number of nitriles is 1. The summed E-state index contributed by atoms with van der Waals surface area (Å²) in [5.41, 5.74) is 0.458. The van der Waals surface area contributed by atoms with Crippen LogP contribution in [-0.2, 0) is 12.6 Å². The Labute approximate surface area is 150 Å². The van der Waals surface area contributed by atoms with Gasteiger partial charge in [-0.3, -0.25) is 0 Å². The number of methoxy groups -OCH3 is 1. The van der Waals surface area contributed by atoms with Crippen molar-refractivity contribution in [3.05, 3.63) is 51.0 Å². The van der Waals surface area contributed by atoms with E-state index in [0.29, 0.717) is 18.9 Å². The Morgan fingerprint density at radius 3 is 2.72 bits per heavy atom. The molecule has 0 unspecified atom stereocenters. The van der Waals surface area contributed by atoms with Crippen molar-refractivity contribution in [3.63, 3.8) is 0 Å². The van der Waals surface area contributed by atoms with E-state index in [4.69, 9.17) is 14.7 Å². The maximum absolute atomic E-state index is 13.4. The lowest BCUT2D eigenvalue weighted by atomic mass is 10.1. The molecule has 1 aliphatic rings. The van der Waals surface area contributed by atoms with Gasteiger partial charge in [0.25, 0.3) is 0 Å². The van der Waals surface area contributed by atoms with Crippen LogP contribution in [0.5, 0.6) is 11.8 Å². The van der Waals surface area contributed by atoms with Crippen LogP contribution in [0.1, 0.15) is 34.8 Å². The molecule has 0 radical (unpaired) electrons. The summed E-state index contributed by atoms with van der Waals surface area (Å²) < 4.78 is 51.5. The van der Waals surface area contributed by atoms with Crippen LogP contribution in [0.15, 0.2) is 28.7 Å². The average Bonchev–Trinajstić information content (AvgIpc) is 2.98. The lowest BCUT2D eigenvalue weighted by molar-refractivity contribution is -0.139. The third kappa shape index (κ3) is 3.29. The molecule has 0 amide bonds. The maximum atomic E-state index is 13.4. The summed E-state index contributed by atoms with van der Waals surface area (Å²) in [6.45, 7) is 0. The van der Waals surface area contributed by atoms with Crippen molar-refractivity contribution in [1.82, 2.24) is 4.98 Å². The number of pyridine rings is 1. The first kappa shape index (κ1) is 17.5. The fourth-order valence-electron chi connectivity index (χ4n) is 2.84. The van der Waals surface area contributed by atoms with Gasteiger partial charge in [0.1, 0.15) is 23.3 Å². The minimum absolute atomic E-state index is 0.196. The molecule has 4 nitrogen and oxygen atoms in total. The van der Waals surface area contributed by atoms with E-state index >= 15 is 0 Å². The lowest BCUT2D eigenvalue weighted by Gasteiger charge is -2.19. The number of nitrogens with zero attached hydrogens (tertiary/aromatic N) is 2. The molecular weight excluding hydrogens is 401 g/mol. The number of hydrogen-bond donors (Lipinski definition) is 0. The molecule has 1 atom stereocenters. The van der Waals surface area contributed by atoms with Crippen LogP contribution in [0.2, 0.25) is 0 Å². The summed E-state index contributed by atoms with van der Waals surface area (Å²) in [5.74, 6) is -0.779. The van der Waals surface area contributed by atoms with Crippen LogP contribution in [0.25, 0.3) is 0 Å². The smallest absolute Gasteiger partial charge is 0.421 e. The Kier molecular flexibility index (Phi) is 4.60. The van der Waals surface area contributed by atoms with E-state index in [9.17, 15) is 13.2 Å². The van der Waals surface area contributed by atoms with Crippen molar-refractivity contribution in [2.45, 2.75) is 25.1 Å². The second-order valence-electron chi connectivity index (χ2n) is 5.46. The Hall–Kier alpha value is -2.27. The molecule has 0 saturated carbocycles. The van der Waals surface area contributed by atoms with E-state index in [-0.39, 0.29) is 11.4 Å². The number of benzene rings is 1.